The van der Waals surface area contributed by atoms with Crippen LogP contribution in [0.3, 0.4) is 0 Å². The predicted molar refractivity (Wildman–Crippen MR) is 97.7 cm³/mol. The van der Waals surface area contributed by atoms with Gasteiger partial charge in [0.05, 0.1) is 12.7 Å². The van der Waals surface area contributed by atoms with Crippen molar-refractivity contribution in [3.05, 3.63) is 0 Å². The second kappa shape index (κ2) is 13.0. The SMILES string of the molecule is CCC(=O)NCCCNC(=O)CCCCOC1OC(CO)C(O)C(O)C1C. The standard InChI is InChI=1S/C18H34N2O7/c1-3-14(22)19-8-6-9-20-15(23)7-4-5-10-26-18-12(2)16(24)17(25)13(11-21)27-18/h12-13,16-18,21,24-25H,3-11H2,1-2H3,(H,19,22)(H,20,23). The molecule has 27 heavy (non-hydrogen) atoms. The number of amides is 2. The summed E-state index contributed by atoms with van der Waals surface area (Å²) in [5.41, 5.74) is 0. The number of unbranched alkanes of at least 4 members (excludes halogenated alkanes) is 1. The zero-order valence-corrected chi connectivity index (χ0v) is 16.2. The molecule has 158 valence electrons. The van der Waals surface area contributed by atoms with Crippen LogP contribution in [-0.2, 0) is 19.1 Å². The van der Waals surface area contributed by atoms with Crippen LogP contribution in [0.25, 0.3) is 0 Å². The van der Waals surface area contributed by atoms with Gasteiger partial charge >= 0.3 is 0 Å². The Bertz CT molecular complexity index is 447. The van der Waals surface area contributed by atoms with E-state index < -0.39 is 37.1 Å². The highest BCUT2D eigenvalue weighted by Gasteiger charge is 2.42. The first-order valence-electron chi connectivity index (χ1n) is 9.68. The van der Waals surface area contributed by atoms with Gasteiger partial charge in [-0.05, 0) is 19.3 Å². The van der Waals surface area contributed by atoms with Gasteiger partial charge < -0.3 is 35.4 Å². The molecule has 0 aromatic carbocycles. The minimum atomic E-state index is -1.14. The summed E-state index contributed by atoms with van der Waals surface area (Å²) in [7, 11) is 0. The lowest BCUT2D eigenvalue weighted by Crippen LogP contribution is -2.55. The average molecular weight is 390 g/mol. The fourth-order valence-corrected chi connectivity index (χ4v) is 2.76. The van der Waals surface area contributed by atoms with Gasteiger partial charge in [0, 0.05) is 38.5 Å². The summed E-state index contributed by atoms with van der Waals surface area (Å²) in [5.74, 6) is -0.456. The van der Waals surface area contributed by atoms with Crippen LogP contribution in [0.5, 0.6) is 0 Å². The number of aliphatic hydroxyl groups excluding tert-OH is 3. The minimum absolute atomic E-state index is 0.00456. The molecule has 9 nitrogen and oxygen atoms in total. The van der Waals surface area contributed by atoms with E-state index in [2.05, 4.69) is 10.6 Å². The van der Waals surface area contributed by atoms with Crippen LogP contribution in [-0.4, -0.2) is 78.0 Å². The highest BCUT2D eigenvalue weighted by molar-refractivity contribution is 5.76. The summed E-state index contributed by atoms with van der Waals surface area (Å²) in [4.78, 5) is 22.8. The van der Waals surface area contributed by atoms with Gasteiger partial charge in [0.25, 0.3) is 0 Å². The largest absolute Gasteiger partial charge is 0.394 e. The third kappa shape index (κ3) is 8.52. The number of rotatable bonds is 12. The highest BCUT2D eigenvalue weighted by atomic mass is 16.7. The van der Waals surface area contributed by atoms with Gasteiger partial charge in [-0.3, -0.25) is 9.59 Å². The van der Waals surface area contributed by atoms with Crippen molar-refractivity contribution in [2.75, 3.05) is 26.3 Å². The second-order valence-electron chi connectivity index (χ2n) is 6.80. The molecule has 0 spiro atoms. The molecule has 9 heteroatoms. The van der Waals surface area contributed by atoms with Crippen LogP contribution >= 0.6 is 0 Å². The molecule has 0 bridgehead atoms. The average Bonchev–Trinajstić information content (AvgIpc) is 2.66. The molecular formula is C18H34N2O7. The Kier molecular flexibility index (Phi) is 11.5. The molecule has 2 amide bonds. The lowest BCUT2D eigenvalue weighted by atomic mass is 9.92. The molecule has 1 aliphatic rings. The normalized spacial score (nSPS) is 28.0. The number of carbonyl (C=O) groups is 2. The van der Waals surface area contributed by atoms with Crippen molar-refractivity contribution in [1.82, 2.24) is 10.6 Å². The highest BCUT2D eigenvalue weighted by Crippen LogP contribution is 2.26. The maximum atomic E-state index is 11.7. The zero-order chi connectivity index (χ0) is 20.2. The molecule has 1 aliphatic heterocycles. The maximum Gasteiger partial charge on any atom is 0.219 e. The number of ether oxygens (including phenoxy) is 2. The molecule has 1 heterocycles. The van der Waals surface area contributed by atoms with Gasteiger partial charge in [-0.15, -0.1) is 0 Å². The zero-order valence-electron chi connectivity index (χ0n) is 16.2. The number of carbonyl (C=O) groups excluding carboxylic acids is 2. The quantitative estimate of drug-likeness (QED) is 0.277. The van der Waals surface area contributed by atoms with E-state index in [4.69, 9.17) is 9.47 Å². The van der Waals surface area contributed by atoms with E-state index in [-0.39, 0.29) is 11.8 Å². The summed E-state index contributed by atoms with van der Waals surface area (Å²) < 4.78 is 11.1. The third-order valence-electron chi connectivity index (χ3n) is 4.59. The number of hydrogen-bond donors (Lipinski definition) is 5. The van der Waals surface area contributed by atoms with Crippen molar-refractivity contribution < 1.29 is 34.4 Å². The molecule has 5 unspecified atom stereocenters. The van der Waals surface area contributed by atoms with Gasteiger partial charge in [0.1, 0.15) is 12.2 Å². The fraction of sp³-hybridized carbons (Fsp3) is 0.889. The Morgan fingerprint density at radius 2 is 1.70 bits per heavy atom. The molecule has 1 saturated heterocycles. The third-order valence-corrected chi connectivity index (χ3v) is 4.59. The van der Waals surface area contributed by atoms with Crippen molar-refractivity contribution >= 4 is 11.8 Å². The number of aliphatic hydroxyl groups is 3. The van der Waals surface area contributed by atoms with Crippen molar-refractivity contribution in [3.63, 3.8) is 0 Å². The summed E-state index contributed by atoms with van der Waals surface area (Å²) in [6, 6.07) is 0. The van der Waals surface area contributed by atoms with E-state index >= 15 is 0 Å². The van der Waals surface area contributed by atoms with Crippen LogP contribution in [0.2, 0.25) is 0 Å². The van der Waals surface area contributed by atoms with Crippen LogP contribution in [0, 0.1) is 5.92 Å². The lowest BCUT2D eigenvalue weighted by molar-refractivity contribution is -0.282. The maximum absolute atomic E-state index is 11.7. The van der Waals surface area contributed by atoms with Crippen molar-refractivity contribution in [3.8, 4) is 0 Å². The summed E-state index contributed by atoms with van der Waals surface area (Å²) in [6.07, 6.45) is -0.897. The first kappa shape index (κ1) is 23.8. The summed E-state index contributed by atoms with van der Waals surface area (Å²) in [6.45, 7) is 4.53. The Labute approximate surface area is 160 Å². The molecule has 5 N–H and O–H groups in total. The number of nitrogens with one attached hydrogen (secondary N) is 2. The molecule has 0 aliphatic carbocycles. The molecule has 5 atom stereocenters. The van der Waals surface area contributed by atoms with E-state index in [1.807, 2.05) is 0 Å². The first-order chi connectivity index (χ1) is 12.9. The van der Waals surface area contributed by atoms with E-state index in [0.717, 1.165) is 0 Å². The van der Waals surface area contributed by atoms with E-state index in [9.17, 15) is 24.9 Å². The van der Waals surface area contributed by atoms with Crippen LogP contribution < -0.4 is 10.6 Å². The van der Waals surface area contributed by atoms with Gasteiger partial charge in [0.15, 0.2) is 6.29 Å². The van der Waals surface area contributed by atoms with Crippen LogP contribution in [0.15, 0.2) is 0 Å². The minimum Gasteiger partial charge on any atom is -0.394 e. The predicted octanol–water partition coefficient (Wildman–Crippen LogP) is -0.719. The summed E-state index contributed by atoms with van der Waals surface area (Å²) in [5, 5.41) is 34.5. The van der Waals surface area contributed by atoms with Crippen LogP contribution in [0.1, 0.15) is 46.0 Å². The van der Waals surface area contributed by atoms with E-state index in [1.54, 1.807) is 13.8 Å². The topological polar surface area (TPSA) is 137 Å². The number of hydrogen-bond acceptors (Lipinski definition) is 7. The Morgan fingerprint density at radius 1 is 1.04 bits per heavy atom. The summed E-state index contributed by atoms with van der Waals surface area (Å²) >= 11 is 0. The Hall–Kier alpha value is -1.26. The molecule has 1 fully saturated rings. The molecule has 0 saturated carbocycles. The fourth-order valence-electron chi connectivity index (χ4n) is 2.76. The Balaban J connectivity index is 2.09. The van der Waals surface area contributed by atoms with Crippen molar-refractivity contribution in [2.24, 2.45) is 5.92 Å². The van der Waals surface area contributed by atoms with Crippen molar-refractivity contribution in [2.45, 2.75) is 70.6 Å². The van der Waals surface area contributed by atoms with Gasteiger partial charge in [-0.1, -0.05) is 13.8 Å². The smallest absolute Gasteiger partial charge is 0.219 e. The molecular weight excluding hydrogens is 356 g/mol. The molecule has 0 radical (unpaired) electrons. The van der Waals surface area contributed by atoms with Crippen LogP contribution in [0.4, 0.5) is 0 Å². The second-order valence-corrected chi connectivity index (χ2v) is 6.80. The van der Waals surface area contributed by atoms with Crippen molar-refractivity contribution in [1.29, 1.82) is 0 Å². The molecule has 0 aromatic rings. The van der Waals surface area contributed by atoms with E-state index in [1.165, 1.54) is 0 Å². The van der Waals surface area contributed by atoms with Gasteiger partial charge in [0.2, 0.25) is 11.8 Å². The monoisotopic (exact) mass is 390 g/mol. The molecule has 1 rings (SSSR count). The van der Waals surface area contributed by atoms with E-state index in [0.29, 0.717) is 51.8 Å². The first-order valence-corrected chi connectivity index (χ1v) is 9.68. The van der Waals surface area contributed by atoms with Gasteiger partial charge in [-0.25, -0.2) is 0 Å². The lowest BCUT2D eigenvalue weighted by Gasteiger charge is -2.40. The van der Waals surface area contributed by atoms with Gasteiger partial charge in [-0.2, -0.15) is 0 Å². The Morgan fingerprint density at radius 3 is 2.33 bits per heavy atom. The molecule has 0 aromatic heterocycles.